The van der Waals surface area contributed by atoms with E-state index < -0.39 is 0 Å². The summed E-state index contributed by atoms with van der Waals surface area (Å²) in [6.45, 7) is 4.03. The maximum absolute atomic E-state index is 5.74. The molecule has 1 aromatic rings. The molecule has 6 heteroatoms. The van der Waals surface area contributed by atoms with Gasteiger partial charge in [0.2, 0.25) is 5.88 Å². The summed E-state index contributed by atoms with van der Waals surface area (Å²) in [5.41, 5.74) is 5.74. The highest BCUT2D eigenvalue weighted by atomic mass is 35.5. The third kappa shape index (κ3) is 7.84. The summed E-state index contributed by atoms with van der Waals surface area (Å²) >= 11 is 5.73. The molecule has 3 N–H and O–H groups in total. The van der Waals surface area contributed by atoms with Gasteiger partial charge in [-0.05, 0) is 12.5 Å². The molecular weight excluding hydrogens is 276 g/mol. The van der Waals surface area contributed by atoms with Gasteiger partial charge in [-0.1, -0.05) is 37.8 Å². The van der Waals surface area contributed by atoms with Gasteiger partial charge in [0.1, 0.15) is 6.61 Å². The molecule has 112 valence electrons. The molecule has 0 bridgehead atoms. The number of hydrogen-bond donors (Lipinski definition) is 2. The molecule has 0 aliphatic carbocycles. The number of aliphatic imine (C=N–C) groups is 1. The van der Waals surface area contributed by atoms with Crippen LogP contribution in [0.1, 0.15) is 32.6 Å². The van der Waals surface area contributed by atoms with Gasteiger partial charge >= 0.3 is 0 Å². The molecule has 0 unspecified atom stereocenters. The fraction of sp³-hybridized carbons (Fsp3) is 0.571. The van der Waals surface area contributed by atoms with Crippen LogP contribution >= 0.6 is 11.6 Å². The fourth-order valence-corrected chi connectivity index (χ4v) is 1.69. The first-order chi connectivity index (χ1) is 9.72. The van der Waals surface area contributed by atoms with E-state index >= 15 is 0 Å². The van der Waals surface area contributed by atoms with Crippen LogP contribution in [0.5, 0.6) is 5.88 Å². The van der Waals surface area contributed by atoms with Crippen molar-refractivity contribution in [3.63, 3.8) is 0 Å². The standard InChI is InChI=1S/C14H23ClN4O/c1-2-3-4-5-8-17-14(16)18-9-10-20-13-7-6-12(15)11-19-13/h6-7,11H,2-5,8-10H2,1H3,(H3,16,17,18). The maximum atomic E-state index is 5.74. The Balaban J connectivity index is 2.07. The largest absolute Gasteiger partial charge is 0.476 e. The highest BCUT2D eigenvalue weighted by molar-refractivity contribution is 6.30. The number of ether oxygens (including phenoxy) is 1. The molecule has 0 aromatic carbocycles. The SMILES string of the molecule is CCCCCCN=C(N)NCCOc1ccc(Cl)cn1. The Morgan fingerprint density at radius 1 is 1.40 bits per heavy atom. The van der Waals surface area contributed by atoms with Crippen molar-refractivity contribution in [2.45, 2.75) is 32.6 Å². The third-order valence-corrected chi connectivity index (χ3v) is 2.88. The van der Waals surface area contributed by atoms with E-state index in [1.807, 2.05) is 0 Å². The molecule has 0 amide bonds. The molecule has 5 nitrogen and oxygen atoms in total. The Kier molecular flexibility index (Phi) is 8.54. The minimum atomic E-state index is 0.467. The number of hydrogen-bond acceptors (Lipinski definition) is 3. The Morgan fingerprint density at radius 3 is 2.95 bits per heavy atom. The van der Waals surface area contributed by atoms with E-state index in [-0.39, 0.29) is 0 Å². The molecule has 1 heterocycles. The third-order valence-electron chi connectivity index (χ3n) is 2.65. The smallest absolute Gasteiger partial charge is 0.213 e. The average molecular weight is 299 g/mol. The number of rotatable bonds is 9. The Bertz CT molecular complexity index is 395. The van der Waals surface area contributed by atoms with Gasteiger partial charge in [-0.15, -0.1) is 0 Å². The van der Waals surface area contributed by atoms with Crippen molar-refractivity contribution < 1.29 is 4.74 Å². The predicted octanol–water partition coefficient (Wildman–Crippen LogP) is 2.60. The first-order valence-corrected chi connectivity index (χ1v) is 7.38. The van der Waals surface area contributed by atoms with Gasteiger partial charge in [-0.3, -0.25) is 4.99 Å². The van der Waals surface area contributed by atoms with E-state index in [2.05, 4.69) is 22.2 Å². The molecule has 0 atom stereocenters. The van der Waals surface area contributed by atoms with E-state index in [1.165, 1.54) is 19.3 Å². The Labute approximate surface area is 125 Å². The molecule has 0 spiro atoms. The summed E-state index contributed by atoms with van der Waals surface area (Å²) in [6, 6.07) is 3.47. The number of guanidine groups is 1. The zero-order valence-corrected chi connectivity index (χ0v) is 12.7. The number of nitrogens with two attached hydrogens (primary N) is 1. The van der Waals surface area contributed by atoms with Crippen molar-refractivity contribution in [2.75, 3.05) is 19.7 Å². The molecule has 0 aliphatic heterocycles. The monoisotopic (exact) mass is 298 g/mol. The van der Waals surface area contributed by atoms with Gasteiger partial charge < -0.3 is 15.8 Å². The predicted molar refractivity (Wildman–Crippen MR) is 83.4 cm³/mol. The van der Waals surface area contributed by atoms with Crippen LogP contribution in [0.3, 0.4) is 0 Å². The van der Waals surface area contributed by atoms with Crippen LogP contribution < -0.4 is 15.8 Å². The van der Waals surface area contributed by atoms with Crippen LogP contribution in [0.25, 0.3) is 0 Å². The first kappa shape index (κ1) is 16.6. The zero-order chi connectivity index (χ0) is 14.6. The summed E-state index contributed by atoms with van der Waals surface area (Å²) < 4.78 is 5.43. The zero-order valence-electron chi connectivity index (χ0n) is 11.9. The summed E-state index contributed by atoms with van der Waals surface area (Å²) in [7, 11) is 0. The number of halogens is 1. The maximum Gasteiger partial charge on any atom is 0.213 e. The van der Waals surface area contributed by atoms with E-state index in [0.717, 1.165) is 13.0 Å². The molecule has 0 radical (unpaired) electrons. The Hall–Kier alpha value is -1.49. The first-order valence-electron chi connectivity index (χ1n) is 7.00. The van der Waals surface area contributed by atoms with Crippen LogP contribution in [0, 0.1) is 0 Å². The van der Waals surface area contributed by atoms with E-state index in [4.69, 9.17) is 22.1 Å². The van der Waals surface area contributed by atoms with Crippen LogP contribution in [0.2, 0.25) is 5.02 Å². The van der Waals surface area contributed by atoms with E-state index in [0.29, 0.717) is 30.0 Å². The molecule has 1 aromatic heterocycles. The van der Waals surface area contributed by atoms with Gasteiger partial charge in [0.25, 0.3) is 0 Å². The highest BCUT2D eigenvalue weighted by Gasteiger charge is 1.96. The summed E-state index contributed by atoms with van der Waals surface area (Å²) in [5, 5.41) is 3.60. The second-order valence-corrected chi connectivity index (χ2v) is 4.85. The lowest BCUT2D eigenvalue weighted by atomic mass is 10.2. The normalized spacial score (nSPS) is 11.4. The van der Waals surface area contributed by atoms with Crippen molar-refractivity contribution in [2.24, 2.45) is 10.7 Å². The Morgan fingerprint density at radius 2 is 2.25 bits per heavy atom. The van der Waals surface area contributed by atoms with E-state index in [1.54, 1.807) is 18.3 Å². The quantitative estimate of drug-likeness (QED) is 0.417. The number of pyridine rings is 1. The second kappa shape index (κ2) is 10.3. The van der Waals surface area contributed by atoms with Gasteiger partial charge in [-0.25, -0.2) is 4.98 Å². The number of nitrogens with one attached hydrogen (secondary N) is 1. The molecule has 0 fully saturated rings. The van der Waals surface area contributed by atoms with Gasteiger partial charge in [0, 0.05) is 18.8 Å². The summed E-state index contributed by atoms with van der Waals surface area (Å²) in [5.74, 6) is 1.01. The van der Waals surface area contributed by atoms with Crippen LogP contribution in [0.15, 0.2) is 23.3 Å². The van der Waals surface area contributed by atoms with Crippen LogP contribution in [0.4, 0.5) is 0 Å². The molecule has 0 aliphatic rings. The molecule has 20 heavy (non-hydrogen) atoms. The van der Waals surface area contributed by atoms with Gasteiger partial charge in [0.15, 0.2) is 5.96 Å². The number of nitrogens with zero attached hydrogens (tertiary/aromatic N) is 2. The van der Waals surface area contributed by atoms with Crippen LogP contribution in [-0.4, -0.2) is 30.6 Å². The van der Waals surface area contributed by atoms with Gasteiger partial charge in [-0.2, -0.15) is 0 Å². The fourth-order valence-electron chi connectivity index (χ4n) is 1.58. The van der Waals surface area contributed by atoms with E-state index in [9.17, 15) is 0 Å². The second-order valence-electron chi connectivity index (χ2n) is 4.42. The van der Waals surface area contributed by atoms with Crippen molar-refractivity contribution in [1.82, 2.24) is 10.3 Å². The van der Waals surface area contributed by atoms with Crippen LogP contribution in [-0.2, 0) is 0 Å². The molecule has 0 saturated carbocycles. The topological polar surface area (TPSA) is 72.5 Å². The molecule has 0 saturated heterocycles. The lowest BCUT2D eigenvalue weighted by Crippen LogP contribution is -2.34. The summed E-state index contributed by atoms with van der Waals surface area (Å²) in [6.07, 6.45) is 6.33. The lowest BCUT2D eigenvalue weighted by Gasteiger charge is -2.07. The number of unbranched alkanes of at least 4 members (excludes halogenated alkanes) is 3. The summed E-state index contributed by atoms with van der Waals surface area (Å²) in [4.78, 5) is 8.28. The molecule has 1 rings (SSSR count). The molecular formula is C14H23ClN4O. The highest BCUT2D eigenvalue weighted by Crippen LogP contribution is 2.10. The minimum absolute atomic E-state index is 0.467. The van der Waals surface area contributed by atoms with Crippen molar-refractivity contribution in [3.8, 4) is 5.88 Å². The lowest BCUT2D eigenvalue weighted by molar-refractivity contribution is 0.310. The van der Waals surface area contributed by atoms with Crippen molar-refractivity contribution >= 4 is 17.6 Å². The van der Waals surface area contributed by atoms with Gasteiger partial charge in [0.05, 0.1) is 11.6 Å². The van der Waals surface area contributed by atoms with Crippen molar-refractivity contribution in [1.29, 1.82) is 0 Å². The minimum Gasteiger partial charge on any atom is -0.476 e. The average Bonchev–Trinajstić information content (AvgIpc) is 2.45. The number of aromatic nitrogens is 1. The van der Waals surface area contributed by atoms with Crippen molar-refractivity contribution in [3.05, 3.63) is 23.4 Å².